The third kappa shape index (κ3) is 3.95. The zero-order chi connectivity index (χ0) is 21.1. The third-order valence-corrected chi connectivity index (χ3v) is 5.51. The highest BCUT2D eigenvalue weighted by Gasteiger charge is 2.11. The van der Waals surface area contributed by atoms with Crippen LogP contribution in [0.15, 0.2) is 94.9 Å². The number of hydrogen-bond donors (Lipinski definition) is 0. The molecule has 2 nitrogen and oxygen atoms in total. The second-order valence-corrected chi connectivity index (χ2v) is 7.67. The summed E-state index contributed by atoms with van der Waals surface area (Å²) in [6, 6.07) is 29.3. The molecule has 0 atom stereocenters. The van der Waals surface area contributed by atoms with Gasteiger partial charge >= 0.3 is 0 Å². The minimum Gasteiger partial charge on any atom is -0.253 e. The van der Waals surface area contributed by atoms with E-state index in [-0.39, 0.29) is 0 Å². The molecule has 0 radical (unpaired) electrons. The Morgan fingerprint density at radius 2 is 0.867 bits per heavy atom. The van der Waals surface area contributed by atoms with E-state index in [2.05, 4.69) is 88.4 Å². The summed E-state index contributed by atoms with van der Waals surface area (Å²) in [4.78, 5) is 9.84. The van der Waals surface area contributed by atoms with Gasteiger partial charge in [0, 0.05) is 22.6 Å². The lowest BCUT2D eigenvalue weighted by Crippen LogP contribution is -2.01. The normalized spacial score (nSPS) is 12.4. The van der Waals surface area contributed by atoms with Crippen molar-refractivity contribution in [3.05, 3.63) is 107 Å². The molecular weight excluding hydrogens is 364 g/mol. The summed E-state index contributed by atoms with van der Waals surface area (Å²) < 4.78 is 0. The molecule has 0 aliphatic carbocycles. The Balaban J connectivity index is 1.83. The SMILES string of the molecule is C/C(=N\c1ccccc1C)c1ccc(/C(C)=N/c2ccccc2C)c2ccccc12. The lowest BCUT2D eigenvalue weighted by Gasteiger charge is -2.12. The van der Waals surface area contributed by atoms with Gasteiger partial charge in [0.2, 0.25) is 0 Å². The van der Waals surface area contributed by atoms with Crippen molar-refractivity contribution in [2.24, 2.45) is 9.98 Å². The van der Waals surface area contributed by atoms with E-state index in [4.69, 9.17) is 9.98 Å². The van der Waals surface area contributed by atoms with Crippen molar-refractivity contribution in [3.63, 3.8) is 0 Å². The molecule has 0 heterocycles. The summed E-state index contributed by atoms with van der Waals surface area (Å²) in [7, 11) is 0. The van der Waals surface area contributed by atoms with E-state index in [9.17, 15) is 0 Å². The van der Waals surface area contributed by atoms with Crippen molar-refractivity contribution in [3.8, 4) is 0 Å². The van der Waals surface area contributed by atoms with Crippen LogP contribution in [0.2, 0.25) is 0 Å². The van der Waals surface area contributed by atoms with Crippen LogP contribution in [-0.2, 0) is 0 Å². The lowest BCUT2D eigenvalue weighted by atomic mass is 9.95. The average molecular weight is 391 g/mol. The molecule has 0 N–H and O–H groups in total. The van der Waals surface area contributed by atoms with Crippen molar-refractivity contribution in [1.82, 2.24) is 0 Å². The summed E-state index contributed by atoms with van der Waals surface area (Å²) in [5, 5.41) is 2.40. The molecule has 4 rings (SSSR count). The minimum absolute atomic E-state index is 1.01. The monoisotopic (exact) mass is 390 g/mol. The maximum atomic E-state index is 4.92. The predicted octanol–water partition coefficient (Wildman–Crippen LogP) is 7.74. The second kappa shape index (κ2) is 8.46. The molecule has 0 bridgehead atoms. The first-order valence-electron chi connectivity index (χ1n) is 10.3. The highest BCUT2D eigenvalue weighted by molar-refractivity contribution is 6.17. The van der Waals surface area contributed by atoms with Crippen LogP contribution in [0.3, 0.4) is 0 Å². The van der Waals surface area contributed by atoms with Crippen LogP contribution in [0.5, 0.6) is 0 Å². The Morgan fingerprint density at radius 1 is 0.500 bits per heavy atom. The molecule has 0 aliphatic rings. The number of fused-ring (bicyclic) bond motifs is 1. The number of benzene rings is 4. The quantitative estimate of drug-likeness (QED) is 0.318. The topological polar surface area (TPSA) is 24.7 Å². The van der Waals surface area contributed by atoms with Crippen LogP contribution in [0.25, 0.3) is 10.8 Å². The highest BCUT2D eigenvalue weighted by atomic mass is 14.8. The van der Waals surface area contributed by atoms with Crippen molar-refractivity contribution in [2.45, 2.75) is 27.7 Å². The van der Waals surface area contributed by atoms with E-state index in [1.54, 1.807) is 0 Å². The highest BCUT2D eigenvalue weighted by Crippen LogP contribution is 2.27. The summed E-state index contributed by atoms with van der Waals surface area (Å²) in [5.74, 6) is 0. The molecule has 0 fully saturated rings. The van der Waals surface area contributed by atoms with Crippen molar-refractivity contribution < 1.29 is 0 Å². The van der Waals surface area contributed by atoms with Crippen molar-refractivity contribution >= 4 is 33.6 Å². The van der Waals surface area contributed by atoms with E-state index >= 15 is 0 Å². The van der Waals surface area contributed by atoms with Crippen molar-refractivity contribution in [2.75, 3.05) is 0 Å². The molecule has 0 aliphatic heterocycles. The zero-order valence-corrected chi connectivity index (χ0v) is 18.0. The number of hydrogen-bond acceptors (Lipinski definition) is 2. The number of nitrogens with zero attached hydrogens (tertiary/aromatic N) is 2. The van der Waals surface area contributed by atoms with E-state index in [1.807, 2.05) is 24.3 Å². The fraction of sp³-hybridized carbons (Fsp3) is 0.143. The van der Waals surface area contributed by atoms with Gasteiger partial charge in [0.05, 0.1) is 11.4 Å². The maximum Gasteiger partial charge on any atom is 0.0662 e. The Labute approximate surface area is 178 Å². The summed E-state index contributed by atoms with van der Waals surface area (Å²) in [6.07, 6.45) is 0. The fourth-order valence-corrected chi connectivity index (χ4v) is 3.79. The Bertz CT molecular complexity index is 1180. The van der Waals surface area contributed by atoms with Crippen LogP contribution >= 0.6 is 0 Å². The Kier molecular flexibility index (Phi) is 5.58. The number of rotatable bonds is 4. The van der Waals surface area contributed by atoms with E-state index in [1.165, 1.54) is 21.9 Å². The average Bonchev–Trinajstić information content (AvgIpc) is 2.76. The number of aliphatic imine (C=N–C) groups is 2. The molecule has 0 amide bonds. The van der Waals surface area contributed by atoms with Gasteiger partial charge in [-0.3, -0.25) is 9.98 Å². The van der Waals surface area contributed by atoms with Gasteiger partial charge < -0.3 is 0 Å². The molecule has 0 spiro atoms. The molecule has 0 unspecified atom stereocenters. The first kappa shape index (κ1) is 19.8. The minimum atomic E-state index is 1.01. The van der Waals surface area contributed by atoms with Crippen LogP contribution < -0.4 is 0 Å². The van der Waals surface area contributed by atoms with E-state index in [0.717, 1.165) is 33.9 Å². The Morgan fingerprint density at radius 3 is 1.27 bits per heavy atom. The van der Waals surface area contributed by atoms with Crippen molar-refractivity contribution in [1.29, 1.82) is 0 Å². The van der Waals surface area contributed by atoms with Crippen LogP contribution in [0.4, 0.5) is 11.4 Å². The van der Waals surface area contributed by atoms with E-state index in [0.29, 0.717) is 0 Å². The lowest BCUT2D eigenvalue weighted by molar-refractivity contribution is 1.38. The van der Waals surface area contributed by atoms with Crippen LogP contribution in [0.1, 0.15) is 36.1 Å². The molecule has 0 saturated heterocycles. The maximum absolute atomic E-state index is 4.92. The van der Waals surface area contributed by atoms with Crippen LogP contribution in [-0.4, -0.2) is 11.4 Å². The number of aryl methyl sites for hydroxylation is 2. The summed E-state index contributed by atoms with van der Waals surface area (Å²) in [5.41, 5.74) is 8.72. The molecule has 30 heavy (non-hydrogen) atoms. The van der Waals surface area contributed by atoms with Gasteiger partial charge in [-0.15, -0.1) is 0 Å². The van der Waals surface area contributed by atoms with Gasteiger partial charge in [-0.25, -0.2) is 0 Å². The van der Waals surface area contributed by atoms with Gasteiger partial charge in [0.1, 0.15) is 0 Å². The summed E-state index contributed by atoms with van der Waals surface area (Å²) >= 11 is 0. The third-order valence-electron chi connectivity index (χ3n) is 5.51. The molecule has 0 aromatic heterocycles. The van der Waals surface area contributed by atoms with Gasteiger partial charge in [0.15, 0.2) is 0 Å². The van der Waals surface area contributed by atoms with Gasteiger partial charge in [-0.1, -0.05) is 72.8 Å². The molecule has 0 saturated carbocycles. The first-order chi connectivity index (χ1) is 14.5. The van der Waals surface area contributed by atoms with Gasteiger partial charge in [-0.2, -0.15) is 0 Å². The molecule has 4 aromatic carbocycles. The Hall–Kier alpha value is -3.52. The summed E-state index contributed by atoms with van der Waals surface area (Å²) in [6.45, 7) is 8.36. The zero-order valence-electron chi connectivity index (χ0n) is 18.0. The standard InChI is InChI=1S/C28H26N2/c1-19-11-5-9-15-27(19)29-21(3)23-17-18-24(26-14-8-7-13-25(23)26)22(4)30-28-16-10-6-12-20(28)2/h5-18H,1-4H3/b29-21+,30-22+. The molecule has 4 aromatic rings. The van der Waals surface area contributed by atoms with Crippen LogP contribution in [0, 0.1) is 13.8 Å². The second-order valence-electron chi connectivity index (χ2n) is 7.67. The number of para-hydroxylation sites is 2. The fourth-order valence-electron chi connectivity index (χ4n) is 3.79. The molecular formula is C28H26N2. The smallest absolute Gasteiger partial charge is 0.0662 e. The predicted molar refractivity (Wildman–Crippen MR) is 130 cm³/mol. The molecule has 2 heteroatoms. The molecule has 148 valence electrons. The van der Waals surface area contributed by atoms with Gasteiger partial charge in [-0.05, 0) is 61.7 Å². The van der Waals surface area contributed by atoms with Gasteiger partial charge in [0.25, 0.3) is 0 Å². The van der Waals surface area contributed by atoms with E-state index < -0.39 is 0 Å². The largest absolute Gasteiger partial charge is 0.253 e. The first-order valence-corrected chi connectivity index (χ1v) is 10.3.